The van der Waals surface area contributed by atoms with Crippen LogP contribution in [0.15, 0.2) is 35.1 Å². The zero-order valence-electron chi connectivity index (χ0n) is 9.91. The second kappa shape index (κ2) is 5.50. The maximum atomic E-state index is 12.5. The third kappa shape index (κ3) is 3.48. The molecule has 0 spiro atoms. The summed E-state index contributed by atoms with van der Waals surface area (Å²) in [6.45, 7) is 0. The van der Waals surface area contributed by atoms with E-state index in [9.17, 15) is 18.0 Å². The van der Waals surface area contributed by atoms with Crippen LogP contribution in [0.5, 0.6) is 0 Å². The molecule has 7 heteroatoms. The second-order valence-electron chi connectivity index (χ2n) is 3.88. The Hall–Kier alpha value is -2.08. The van der Waals surface area contributed by atoms with Crippen LogP contribution in [0.3, 0.4) is 0 Å². The van der Waals surface area contributed by atoms with Crippen LogP contribution >= 0.6 is 11.6 Å². The summed E-state index contributed by atoms with van der Waals surface area (Å²) < 4.78 is 37.6. The van der Waals surface area contributed by atoms with Crippen LogP contribution in [0.4, 0.5) is 13.2 Å². The van der Waals surface area contributed by atoms with Gasteiger partial charge in [-0.25, -0.2) is 4.79 Å². The number of benzene rings is 1. The smallest absolute Gasteiger partial charge is 0.302 e. The van der Waals surface area contributed by atoms with Crippen LogP contribution in [0, 0.1) is 0 Å². The van der Waals surface area contributed by atoms with Gasteiger partial charge >= 0.3 is 11.9 Å². The minimum absolute atomic E-state index is 0.0963. The molecule has 0 fully saturated rings. The van der Waals surface area contributed by atoms with Crippen molar-refractivity contribution in [1.82, 2.24) is 9.97 Å². The number of H-pyrrole nitrogens is 1. The Kier molecular flexibility index (Phi) is 3.94. The van der Waals surface area contributed by atoms with Crippen molar-refractivity contribution in [1.29, 1.82) is 0 Å². The van der Waals surface area contributed by atoms with Crippen molar-refractivity contribution in [3.63, 3.8) is 0 Å². The Morgan fingerprint density at radius 1 is 1.20 bits per heavy atom. The molecule has 2 rings (SSSR count). The van der Waals surface area contributed by atoms with E-state index in [1.807, 2.05) is 0 Å². The first-order chi connectivity index (χ1) is 9.36. The van der Waals surface area contributed by atoms with Crippen LogP contribution < -0.4 is 5.69 Å². The van der Waals surface area contributed by atoms with Crippen LogP contribution in [-0.2, 0) is 6.18 Å². The quantitative estimate of drug-likeness (QED) is 0.921. The summed E-state index contributed by atoms with van der Waals surface area (Å²) in [6, 6.07) is 7.56. The van der Waals surface area contributed by atoms with Gasteiger partial charge in [-0.05, 0) is 23.8 Å². The van der Waals surface area contributed by atoms with Gasteiger partial charge in [-0.15, -0.1) is 0 Å². The van der Waals surface area contributed by atoms with Crippen molar-refractivity contribution in [3.8, 4) is 0 Å². The highest BCUT2D eigenvalue weighted by molar-refractivity contribution is 6.32. The molecule has 0 aliphatic rings. The van der Waals surface area contributed by atoms with Gasteiger partial charge < -0.3 is 4.98 Å². The van der Waals surface area contributed by atoms with Gasteiger partial charge in [-0.2, -0.15) is 18.2 Å². The summed E-state index contributed by atoms with van der Waals surface area (Å²) in [5, 5.41) is 0.449. The molecule has 1 aromatic heterocycles. The zero-order chi connectivity index (χ0) is 14.8. The molecule has 20 heavy (non-hydrogen) atoms. The lowest BCUT2D eigenvalue weighted by molar-refractivity contribution is -0.141. The molecule has 0 radical (unpaired) electrons. The molecule has 0 bridgehead atoms. The summed E-state index contributed by atoms with van der Waals surface area (Å²) in [5.74, 6) is 0. The van der Waals surface area contributed by atoms with E-state index in [0.29, 0.717) is 10.6 Å². The predicted molar refractivity (Wildman–Crippen MR) is 70.2 cm³/mol. The Morgan fingerprint density at radius 2 is 1.90 bits per heavy atom. The van der Waals surface area contributed by atoms with E-state index in [0.717, 1.165) is 6.07 Å². The number of halogens is 4. The minimum atomic E-state index is -4.63. The fraction of sp³-hybridized carbons (Fsp3) is 0.0769. The fourth-order valence-corrected chi connectivity index (χ4v) is 1.70. The van der Waals surface area contributed by atoms with Crippen molar-refractivity contribution in [2.45, 2.75) is 6.18 Å². The van der Waals surface area contributed by atoms with Gasteiger partial charge in [0.2, 0.25) is 0 Å². The van der Waals surface area contributed by atoms with Crippen molar-refractivity contribution >= 4 is 23.8 Å². The first-order valence-electron chi connectivity index (χ1n) is 5.47. The number of aromatic amines is 1. The fourth-order valence-electron chi connectivity index (χ4n) is 1.50. The number of hydrogen-bond donors (Lipinski definition) is 1. The van der Waals surface area contributed by atoms with Gasteiger partial charge in [0.1, 0.15) is 5.69 Å². The summed E-state index contributed by atoms with van der Waals surface area (Å²) in [7, 11) is 0. The largest absolute Gasteiger partial charge is 0.431 e. The third-order valence-electron chi connectivity index (χ3n) is 2.41. The molecule has 0 saturated carbocycles. The molecule has 1 heterocycles. The third-order valence-corrected chi connectivity index (χ3v) is 2.75. The number of nitrogens with one attached hydrogen (secondary N) is 1. The molecule has 0 atom stereocenters. The van der Waals surface area contributed by atoms with Crippen molar-refractivity contribution < 1.29 is 13.2 Å². The molecule has 1 aromatic carbocycles. The monoisotopic (exact) mass is 300 g/mol. The maximum absolute atomic E-state index is 12.5. The Bertz CT molecular complexity index is 707. The van der Waals surface area contributed by atoms with Gasteiger partial charge in [0, 0.05) is 5.02 Å². The van der Waals surface area contributed by atoms with Gasteiger partial charge in [0.25, 0.3) is 0 Å². The standard InChI is InChI=1S/C13H8ClF3N2O/c14-10-4-2-1-3-8(10)5-6-9-7-11(13(15,16)17)19-12(20)18-9/h1-7H,(H,18,19,20). The SMILES string of the molecule is O=c1nc(C=Cc2ccccc2Cl)cc(C(F)(F)F)[nH]1. The molecular weight excluding hydrogens is 293 g/mol. The first kappa shape index (κ1) is 14.3. The van der Waals surface area contributed by atoms with E-state index in [2.05, 4.69) is 4.98 Å². The Labute approximate surface area is 116 Å². The summed E-state index contributed by atoms with van der Waals surface area (Å²) in [6.07, 6.45) is -1.84. The molecule has 0 amide bonds. The van der Waals surface area contributed by atoms with E-state index in [4.69, 9.17) is 11.6 Å². The lowest BCUT2D eigenvalue weighted by Gasteiger charge is -2.05. The highest BCUT2D eigenvalue weighted by Gasteiger charge is 2.32. The van der Waals surface area contributed by atoms with E-state index in [-0.39, 0.29) is 5.69 Å². The molecule has 2 aromatic rings. The zero-order valence-corrected chi connectivity index (χ0v) is 10.7. The van der Waals surface area contributed by atoms with Gasteiger partial charge in [-0.3, -0.25) is 0 Å². The number of aromatic nitrogens is 2. The summed E-state index contributed by atoms with van der Waals surface area (Å²) in [5.41, 5.74) is -1.68. The molecule has 1 N–H and O–H groups in total. The van der Waals surface area contributed by atoms with Gasteiger partial charge in [-0.1, -0.05) is 35.9 Å². The van der Waals surface area contributed by atoms with Crippen LogP contribution in [0.1, 0.15) is 17.0 Å². The first-order valence-corrected chi connectivity index (χ1v) is 5.85. The van der Waals surface area contributed by atoms with Crippen LogP contribution in [0.2, 0.25) is 5.02 Å². The predicted octanol–water partition coefficient (Wildman–Crippen LogP) is 3.61. The van der Waals surface area contributed by atoms with E-state index in [1.165, 1.54) is 12.2 Å². The molecule has 104 valence electrons. The molecule has 0 unspecified atom stereocenters. The number of alkyl halides is 3. The lowest BCUT2D eigenvalue weighted by Crippen LogP contribution is -2.19. The average Bonchev–Trinajstić information content (AvgIpc) is 2.36. The van der Waals surface area contributed by atoms with Crippen molar-refractivity contribution in [2.75, 3.05) is 0 Å². The summed E-state index contributed by atoms with van der Waals surface area (Å²) in [4.78, 5) is 16.2. The van der Waals surface area contributed by atoms with E-state index in [1.54, 1.807) is 29.2 Å². The van der Waals surface area contributed by atoms with E-state index < -0.39 is 17.6 Å². The number of hydrogen-bond acceptors (Lipinski definition) is 2. The second-order valence-corrected chi connectivity index (χ2v) is 4.28. The van der Waals surface area contributed by atoms with Crippen LogP contribution in [-0.4, -0.2) is 9.97 Å². The highest BCUT2D eigenvalue weighted by atomic mass is 35.5. The molecule has 0 aliphatic carbocycles. The van der Waals surface area contributed by atoms with Crippen molar-refractivity contribution in [2.24, 2.45) is 0 Å². The van der Waals surface area contributed by atoms with E-state index >= 15 is 0 Å². The minimum Gasteiger partial charge on any atom is -0.302 e. The number of nitrogens with zero attached hydrogens (tertiary/aromatic N) is 1. The summed E-state index contributed by atoms with van der Waals surface area (Å²) >= 11 is 5.91. The topological polar surface area (TPSA) is 45.8 Å². The molecular formula is C13H8ClF3N2O. The lowest BCUT2D eigenvalue weighted by atomic mass is 10.2. The van der Waals surface area contributed by atoms with Gasteiger partial charge in [0.15, 0.2) is 0 Å². The van der Waals surface area contributed by atoms with Gasteiger partial charge in [0.05, 0.1) is 5.69 Å². The molecule has 3 nitrogen and oxygen atoms in total. The number of rotatable bonds is 2. The average molecular weight is 301 g/mol. The van der Waals surface area contributed by atoms with Crippen LogP contribution in [0.25, 0.3) is 12.2 Å². The normalized spacial score (nSPS) is 12.0. The Morgan fingerprint density at radius 3 is 2.55 bits per heavy atom. The molecule has 0 saturated heterocycles. The Balaban J connectivity index is 2.37. The van der Waals surface area contributed by atoms with Crippen molar-refractivity contribution in [3.05, 3.63) is 62.8 Å². The maximum Gasteiger partial charge on any atom is 0.431 e. The molecule has 0 aliphatic heterocycles. The highest BCUT2D eigenvalue weighted by Crippen LogP contribution is 2.27.